The first-order chi connectivity index (χ1) is 16.5. The van der Waals surface area contributed by atoms with Gasteiger partial charge in [0.2, 0.25) is 5.91 Å². The third-order valence-electron chi connectivity index (χ3n) is 4.80. The van der Waals surface area contributed by atoms with Gasteiger partial charge in [-0.2, -0.15) is 13.2 Å². The molecule has 2 amide bonds. The summed E-state index contributed by atoms with van der Waals surface area (Å²) in [5, 5.41) is 0.941. The zero-order chi connectivity index (χ0) is 25.3. The van der Waals surface area contributed by atoms with E-state index in [0.29, 0.717) is 21.9 Å². The monoisotopic (exact) mass is 527 g/mol. The van der Waals surface area contributed by atoms with Gasteiger partial charge < -0.3 is 10.2 Å². The van der Waals surface area contributed by atoms with Crippen LogP contribution in [0.1, 0.15) is 26.3 Å². The second-order valence-electron chi connectivity index (χ2n) is 7.16. The van der Waals surface area contributed by atoms with Crippen molar-refractivity contribution in [2.24, 2.45) is 5.73 Å². The van der Waals surface area contributed by atoms with Crippen LogP contribution in [-0.2, 0) is 16.3 Å². The van der Waals surface area contributed by atoms with Gasteiger partial charge in [0.25, 0.3) is 0 Å². The fourth-order valence-electron chi connectivity index (χ4n) is 3.26. The lowest BCUT2D eigenvalue weighted by atomic mass is 10.0. The maximum atomic E-state index is 13.1. The average Bonchev–Trinajstić information content (AvgIpc) is 3.17. The number of pyridine rings is 1. The molecular formula is C22H14Cl2F3N3O5. The second-order valence-corrected chi connectivity index (χ2v) is 7.98. The van der Waals surface area contributed by atoms with Gasteiger partial charge in [-0.3, -0.25) is 14.6 Å². The molecule has 0 aliphatic heterocycles. The number of rotatable bonds is 7. The Morgan fingerprint density at radius 1 is 1.06 bits per heavy atom. The molecule has 0 unspecified atom stereocenters. The Labute approximate surface area is 204 Å². The van der Waals surface area contributed by atoms with Crippen molar-refractivity contribution >= 4 is 57.0 Å². The maximum Gasteiger partial charge on any atom is 0.414 e. The van der Waals surface area contributed by atoms with E-state index in [2.05, 4.69) is 9.82 Å². The molecule has 0 saturated carbocycles. The third kappa shape index (κ3) is 5.33. The number of nitrogens with two attached hydrogens (primary N) is 1. The molecule has 2 aromatic carbocycles. The van der Waals surface area contributed by atoms with Crippen molar-refractivity contribution in [1.29, 1.82) is 0 Å². The molecule has 0 aliphatic carbocycles. The molecule has 35 heavy (non-hydrogen) atoms. The Hall–Kier alpha value is -3.38. The van der Waals surface area contributed by atoms with E-state index in [1.54, 1.807) is 12.1 Å². The van der Waals surface area contributed by atoms with Crippen LogP contribution in [0.3, 0.4) is 0 Å². The summed E-state index contributed by atoms with van der Waals surface area (Å²) in [5.41, 5.74) is 6.32. The van der Waals surface area contributed by atoms with E-state index in [9.17, 15) is 22.8 Å². The summed E-state index contributed by atoms with van der Waals surface area (Å²) in [5.74, 6) is -1.79. The standard InChI is InChI=1S/C22H14Cl2F3N3O5/c23-15-7-29-8-16(24)14(15)9-33-30(34-10-22(25,26)27)21(32)11-4-5-17-13(6-11)19-12(20(28)31)2-1-3-18(19)35-17/h1-8H,9-10H2,(H2,28,31). The first-order valence-electron chi connectivity index (χ1n) is 9.75. The predicted molar refractivity (Wildman–Crippen MR) is 119 cm³/mol. The van der Waals surface area contributed by atoms with Crippen molar-refractivity contribution < 1.29 is 36.9 Å². The van der Waals surface area contributed by atoms with Crippen molar-refractivity contribution in [2.75, 3.05) is 6.61 Å². The van der Waals surface area contributed by atoms with Crippen molar-refractivity contribution in [3.63, 3.8) is 0 Å². The lowest BCUT2D eigenvalue weighted by Crippen LogP contribution is -2.35. The minimum Gasteiger partial charge on any atom is -0.456 e. The first kappa shape index (κ1) is 24.7. The maximum absolute atomic E-state index is 13.1. The minimum atomic E-state index is -4.76. The van der Waals surface area contributed by atoms with Gasteiger partial charge in [0, 0.05) is 34.3 Å². The highest BCUT2D eigenvalue weighted by atomic mass is 35.5. The van der Waals surface area contributed by atoms with Gasteiger partial charge in [-0.15, -0.1) is 0 Å². The molecular weight excluding hydrogens is 514 g/mol. The number of fused-ring (bicyclic) bond motifs is 3. The number of hydroxylamine groups is 2. The summed E-state index contributed by atoms with van der Waals surface area (Å²) in [4.78, 5) is 38.5. The van der Waals surface area contributed by atoms with Gasteiger partial charge in [-0.05, 0) is 30.3 Å². The van der Waals surface area contributed by atoms with Crippen LogP contribution in [0.5, 0.6) is 0 Å². The highest BCUT2D eigenvalue weighted by Gasteiger charge is 2.32. The van der Waals surface area contributed by atoms with E-state index in [-0.39, 0.29) is 32.0 Å². The van der Waals surface area contributed by atoms with Crippen LogP contribution in [0.25, 0.3) is 21.9 Å². The van der Waals surface area contributed by atoms with Gasteiger partial charge in [0.15, 0.2) is 6.61 Å². The molecule has 0 saturated heterocycles. The highest BCUT2D eigenvalue weighted by molar-refractivity contribution is 6.35. The predicted octanol–water partition coefficient (Wildman–Crippen LogP) is 5.45. The highest BCUT2D eigenvalue weighted by Crippen LogP contribution is 2.32. The van der Waals surface area contributed by atoms with Crippen LogP contribution < -0.4 is 5.73 Å². The van der Waals surface area contributed by atoms with Gasteiger partial charge in [-0.25, -0.2) is 9.68 Å². The van der Waals surface area contributed by atoms with E-state index in [4.69, 9.17) is 38.2 Å². The Kier molecular flexibility index (Phi) is 6.86. The summed E-state index contributed by atoms with van der Waals surface area (Å²) in [6.07, 6.45) is -2.25. The molecule has 13 heteroatoms. The molecule has 0 bridgehead atoms. The Bertz CT molecular complexity index is 1420. The average molecular weight is 528 g/mol. The number of carbonyl (C=O) groups is 2. The number of alkyl halides is 3. The second kappa shape index (κ2) is 9.70. The van der Waals surface area contributed by atoms with E-state index < -0.39 is 31.2 Å². The SMILES string of the molecule is NC(=O)c1cccc2oc3ccc(C(=O)N(OCc4c(Cl)cncc4Cl)OCC(F)(F)F)cc3c12. The summed E-state index contributed by atoms with van der Waals surface area (Å²) >= 11 is 12.0. The number of primary amides is 1. The first-order valence-corrected chi connectivity index (χ1v) is 10.5. The van der Waals surface area contributed by atoms with E-state index in [0.717, 1.165) is 0 Å². The number of nitrogens with zero attached hydrogens (tertiary/aromatic N) is 2. The van der Waals surface area contributed by atoms with Gasteiger partial charge in [-0.1, -0.05) is 34.5 Å². The summed E-state index contributed by atoms with van der Waals surface area (Å²) in [6, 6.07) is 8.72. The number of furan rings is 1. The number of hydrogen-bond donors (Lipinski definition) is 1. The summed E-state index contributed by atoms with van der Waals surface area (Å²) in [6.45, 7) is -2.30. The number of aromatic nitrogens is 1. The smallest absolute Gasteiger partial charge is 0.414 e. The van der Waals surface area contributed by atoms with Crippen LogP contribution in [0.4, 0.5) is 13.2 Å². The Morgan fingerprint density at radius 2 is 1.77 bits per heavy atom. The topological polar surface area (TPSA) is 108 Å². The molecule has 2 heterocycles. The molecule has 2 aromatic heterocycles. The number of benzene rings is 2. The number of amides is 2. The van der Waals surface area contributed by atoms with Crippen molar-refractivity contribution in [1.82, 2.24) is 10.2 Å². The third-order valence-corrected chi connectivity index (χ3v) is 5.45. The zero-order valence-corrected chi connectivity index (χ0v) is 18.9. The number of hydrogen-bond acceptors (Lipinski definition) is 6. The molecule has 0 spiro atoms. The van der Waals surface area contributed by atoms with Crippen LogP contribution >= 0.6 is 23.2 Å². The van der Waals surface area contributed by atoms with Crippen molar-refractivity contribution in [3.05, 3.63) is 75.5 Å². The van der Waals surface area contributed by atoms with Gasteiger partial charge >= 0.3 is 12.1 Å². The van der Waals surface area contributed by atoms with Crippen molar-refractivity contribution in [3.8, 4) is 0 Å². The molecule has 0 atom stereocenters. The number of carbonyl (C=O) groups excluding carboxylic acids is 2. The fourth-order valence-corrected chi connectivity index (χ4v) is 3.73. The molecule has 2 N–H and O–H groups in total. The van der Waals surface area contributed by atoms with Crippen LogP contribution in [0, 0.1) is 0 Å². The van der Waals surface area contributed by atoms with Crippen LogP contribution in [0.2, 0.25) is 10.0 Å². The van der Waals surface area contributed by atoms with E-state index in [1.165, 1.54) is 36.7 Å². The van der Waals surface area contributed by atoms with Crippen LogP contribution in [0.15, 0.2) is 53.2 Å². The van der Waals surface area contributed by atoms with Gasteiger partial charge in [0.1, 0.15) is 17.8 Å². The molecule has 4 rings (SSSR count). The normalized spacial score (nSPS) is 11.8. The molecule has 0 radical (unpaired) electrons. The largest absolute Gasteiger partial charge is 0.456 e. The van der Waals surface area contributed by atoms with E-state index in [1.807, 2.05) is 0 Å². The molecule has 4 aromatic rings. The van der Waals surface area contributed by atoms with Crippen molar-refractivity contribution in [2.45, 2.75) is 12.8 Å². The summed E-state index contributed by atoms with van der Waals surface area (Å²) < 4.78 is 44.1. The van der Waals surface area contributed by atoms with E-state index >= 15 is 0 Å². The Morgan fingerprint density at radius 3 is 2.43 bits per heavy atom. The van der Waals surface area contributed by atoms with Gasteiger partial charge in [0.05, 0.1) is 15.6 Å². The summed E-state index contributed by atoms with van der Waals surface area (Å²) in [7, 11) is 0. The molecule has 0 aliphatic rings. The quantitative estimate of drug-likeness (QED) is 0.320. The molecule has 0 fully saturated rings. The van der Waals surface area contributed by atoms with Crippen LogP contribution in [-0.4, -0.2) is 34.8 Å². The number of halogens is 5. The Balaban J connectivity index is 1.70. The minimum absolute atomic E-state index is 0.0750. The molecule has 182 valence electrons. The lowest BCUT2D eigenvalue weighted by molar-refractivity contribution is -0.360. The molecule has 8 nitrogen and oxygen atoms in total. The zero-order valence-electron chi connectivity index (χ0n) is 17.4. The fraction of sp³-hybridized carbons (Fsp3) is 0.136. The lowest BCUT2D eigenvalue weighted by Gasteiger charge is -2.22.